The average Bonchev–Trinajstić information content (AvgIpc) is 2.17. The van der Waals surface area contributed by atoms with Crippen molar-refractivity contribution in [1.82, 2.24) is 4.98 Å². The van der Waals surface area contributed by atoms with Gasteiger partial charge in [0.15, 0.2) is 0 Å². The van der Waals surface area contributed by atoms with Crippen molar-refractivity contribution in [3.8, 4) is 0 Å². The molecule has 0 aliphatic carbocycles. The molecule has 3 heteroatoms. The van der Waals surface area contributed by atoms with E-state index in [1.54, 1.807) is 13.1 Å². The molecule has 16 heavy (non-hydrogen) atoms. The molecule has 0 spiro atoms. The van der Waals surface area contributed by atoms with Crippen LogP contribution in [0, 0.1) is 11.3 Å². The van der Waals surface area contributed by atoms with E-state index in [2.05, 4.69) is 4.98 Å². The first-order valence-electron chi connectivity index (χ1n) is 5.57. The molecule has 0 bridgehead atoms. The Labute approximate surface area is 96.5 Å². The number of hydrogen-bond donors (Lipinski definition) is 1. The molecule has 0 saturated carbocycles. The van der Waals surface area contributed by atoms with Crippen LogP contribution in [0.4, 0.5) is 0 Å². The fourth-order valence-corrected chi connectivity index (χ4v) is 2.04. The molecular weight excluding hydrogens is 202 g/mol. The van der Waals surface area contributed by atoms with Crippen molar-refractivity contribution in [2.75, 3.05) is 0 Å². The number of carboxylic acid groups (broad SMARTS) is 1. The number of carboxylic acids is 1. The Hall–Kier alpha value is -1.38. The van der Waals surface area contributed by atoms with Crippen LogP contribution in [0.3, 0.4) is 0 Å². The quantitative estimate of drug-likeness (QED) is 0.831. The van der Waals surface area contributed by atoms with Crippen molar-refractivity contribution in [1.29, 1.82) is 0 Å². The molecule has 0 aromatic carbocycles. The third kappa shape index (κ3) is 3.33. The SMILES string of the molecule is CC(C)CC(C)(Cc1ccccn1)C(=O)O. The van der Waals surface area contributed by atoms with Crippen LogP contribution >= 0.6 is 0 Å². The van der Waals surface area contributed by atoms with Crippen LogP contribution in [0.1, 0.15) is 32.9 Å². The van der Waals surface area contributed by atoms with Crippen molar-refractivity contribution in [3.05, 3.63) is 30.1 Å². The number of aliphatic carboxylic acids is 1. The Bertz CT molecular complexity index is 348. The van der Waals surface area contributed by atoms with Gasteiger partial charge in [-0.3, -0.25) is 9.78 Å². The molecule has 0 fully saturated rings. The van der Waals surface area contributed by atoms with E-state index in [9.17, 15) is 9.90 Å². The number of carbonyl (C=O) groups is 1. The maximum Gasteiger partial charge on any atom is 0.309 e. The second kappa shape index (κ2) is 5.10. The van der Waals surface area contributed by atoms with Gasteiger partial charge in [0.25, 0.3) is 0 Å². The fourth-order valence-electron chi connectivity index (χ4n) is 2.04. The maximum absolute atomic E-state index is 11.3. The van der Waals surface area contributed by atoms with Crippen LogP contribution in [-0.4, -0.2) is 16.1 Å². The van der Waals surface area contributed by atoms with Crippen molar-refractivity contribution in [2.24, 2.45) is 11.3 Å². The average molecular weight is 221 g/mol. The molecule has 1 aromatic rings. The minimum Gasteiger partial charge on any atom is -0.481 e. The highest BCUT2D eigenvalue weighted by Crippen LogP contribution is 2.30. The summed E-state index contributed by atoms with van der Waals surface area (Å²) in [4.78, 5) is 15.5. The summed E-state index contributed by atoms with van der Waals surface area (Å²) < 4.78 is 0. The Balaban J connectivity index is 2.83. The normalized spacial score (nSPS) is 14.8. The number of nitrogens with zero attached hydrogens (tertiary/aromatic N) is 1. The Morgan fingerprint density at radius 2 is 2.19 bits per heavy atom. The van der Waals surface area contributed by atoms with Gasteiger partial charge in [0, 0.05) is 18.3 Å². The molecule has 1 aromatic heterocycles. The lowest BCUT2D eigenvalue weighted by molar-refractivity contribution is -0.148. The lowest BCUT2D eigenvalue weighted by atomic mass is 9.78. The second-order valence-electron chi connectivity index (χ2n) is 4.96. The van der Waals surface area contributed by atoms with Crippen molar-refractivity contribution in [2.45, 2.75) is 33.6 Å². The van der Waals surface area contributed by atoms with E-state index >= 15 is 0 Å². The molecule has 0 aliphatic heterocycles. The first-order chi connectivity index (χ1) is 7.44. The number of aromatic nitrogens is 1. The summed E-state index contributed by atoms with van der Waals surface area (Å²) in [6, 6.07) is 5.60. The van der Waals surface area contributed by atoms with E-state index in [4.69, 9.17) is 0 Å². The molecule has 1 atom stereocenters. The molecule has 0 amide bonds. The highest BCUT2D eigenvalue weighted by Gasteiger charge is 2.34. The number of rotatable bonds is 5. The zero-order chi connectivity index (χ0) is 12.2. The fraction of sp³-hybridized carbons (Fsp3) is 0.538. The minimum atomic E-state index is -0.744. The standard InChI is InChI=1S/C13H19NO2/c1-10(2)8-13(3,12(15)16)9-11-6-4-5-7-14-11/h4-7,10H,8-9H2,1-3H3,(H,15,16). The predicted molar refractivity (Wildman–Crippen MR) is 63.1 cm³/mol. The zero-order valence-corrected chi connectivity index (χ0v) is 10.1. The van der Waals surface area contributed by atoms with Crippen LogP contribution in [0.2, 0.25) is 0 Å². The van der Waals surface area contributed by atoms with Crippen molar-refractivity contribution in [3.63, 3.8) is 0 Å². The van der Waals surface area contributed by atoms with Gasteiger partial charge < -0.3 is 5.11 Å². The first-order valence-corrected chi connectivity index (χ1v) is 5.57. The Morgan fingerprint density at radius 1 is 1.50 bits per heavy atom. The van der Waals surface area contributed by atoms with E-state index in [0.717, 1.165) is 5.69 Å². The third-order valence-electron chi connectivity index (χ3n) is 2.67. The Kier molecular flexibility index (Phi) is 4.05. The molecule has 1 rings (SSSR count). The van der Waals surface area contributed by atoms with Gasteiger partial charge in [-0.15, -0.1) is 0 Å². The van der Waals surface area contributed by atoms with Gasteiger partial charge in [0.05, 0.1) is 5.41 Å². The topological polar surface area (TPSA) is 50.2 Å². The van der Waals surface area contributed by atoms with Crippen LogP contribution in [-0.2, 0) is 11.2 Å². The highest BCUT2D eigenvalue weighted by molar-refractivity contribution is 5.74. The summed E-state index contributed by atoms with van der Waals surface area (Å²) in [5.41, 5.74) is 0.121. The summed E-state index contributed by atoms with van der Waals surface area (Å²) in [6.07, 6.45) is 2.85. The maximum atomic E-state index is 11.3. The number of hydrogen-bond acceptors (Lipinski definition) is 2. The van der Waals surface area contributed by atoms with Gasteiger partial charge >= 0.3 is 5.97 Å². The summed E-state index contributed by atoms with van der Waals surface area (Å²) >= 11 is 0. The molecule has 0 saturated heterocycles. The molecule has 0 radical (unpaired) electrons. The summed E-state index contributed by atoms with van der Waals surface area (Å²) in [6.45, 7) is 5.88. The molecule has 1 unspecified atom stereocenters. The van der Waals surface area contributed by atoms with Gasteiger partial charge in [0.2, 0.25) is 0 Å². The first kappa shape index (κ1) is 12.7. The highest BCUT2D eigenvalue weighted by atomic mass is 16.4. The lowest BCUT2D eigenvalue weighted by Gasteiger charge is -2.26. The minimum absolute atomic E-state index is 0.366. The van der Waals surface area contributed by atoms with E-state index < -0.39 is 11.4 Å². The van der Waals surface area contributed by atoms with Crippen LogP contribution in [0.25, 0.3) is 0 Å². The Morgan fingerprint density at radius 3 is 2.62 bits per heavy atom. The predicted octanol–water partition coefficient (Wildman–Crippen LogP) is 2.76. The van der Waals surface area contributed by atoms with Crippen LogP contribution < -0.4 is 0 Å². The molecule has 1 heterocycles. The smallest absolute Gasteiger partial charge is 0.309 e. The molecule has 3 nitrogen and oxygen atoms in total. The van der Waals surface area contributed by atoms with E-state index in [-0.39, 0.29) is 0 Å². The van der Waals surface area contributed by atoms with Crippen molar-refractivity contribution < 1.29 is 9.90 Å². The summed E-state index contributed by atoms with van der Waals surface area (Å²) in [7, 11) is 0. The van der Waals surface area contributed by atoms with E-state index in [1.165, 1.54) is 0 Å². The molecule has 0 aliphatic rings. The zero-order valence-electron chi connectivity index (χ0n) is 10.1. The van der Waals surface area contributed by atoms with Crippen LogP contribution in [0.15, 0.2) is 24.4 Å². The summed E-state index contributed by atoms with van der Waals surface area (Å²) in [5.74, 6) is -0.378. The number of pyridine rings is 1. The van der Waals surface area contributed by atoms with E-state index in [0.29, 0.717) is 18.8 Å². The van der Waals surface area contributed by atoms with Gasteiger partial charge in [-0.05, 0) is 31.4 Å². The van der Waals surface area contributed by atoms with E-state index in [1.807, 2.05) is 32.0 Å². The van der Waals surface area contributed by atoms with Gasteiger partial charge in [-0.25, -0.2) is 0 Å². The summed E-state index contributed by atoms with van der Waals surface area (Å²) in [5, 5.41) is 9.31. The molecule has 88 valence electrons. The van der Waals surface area contributed by atoms with Crippen LogP contribution in [0.5, 0.6) is 0 Å². The third-order valence-corrected chi connectivity index (χ3v) is 2.67. The van der Waals surface area contributed by atoms with Gasteiger partial charge in [0.1, 0.15) is 0 Å². The largest absolute Gasteiger partial charge is 0.481 e. The van der Waals surface area contributed by atoms with Gasteiger partial charge in [-0.1, -0.05) is 19.9 Å². The van der Waals surface area contributed by atoms with Crippen molar-refractivity contribution >= 4 is 5.97 Å². The monoisotopic (exact) mass is 221 g/mol. The second-order valence-corrected chi connectivity index (χ2v) is 4.96. The lowest BCUT2D eigenvalue weighted by Crippen LogP contribution is -2.32. The molecule has 1 N–H and O–H groups in total. The van der Waals surface area contributed by atoms with Gasteiger partial charge in [-0.2, -0.15) is 0 Å². The molecular formula is C13H19NO2.